The molecule has 0 saturated heterocycles. The van der Waals surface area contributed by atoms with Crippen LogP contribution in [0.4, 0.5) is 0 Å². The molecule has 1 aromatic carbocycles. The molecular weight excluding hydrogens is 220 g/mol. The summed E-state index contributed by atoms with van der Waals surface area (Å²) in [6.45, 7) is 1.66. The third-order valence-electron chi connectivity index (χ3n) is 2.60. The second kappa shape index (κ2) is 4.37. The summed E-state index contributed by atoms with van der Waals surface area (Å²) in [5.41, 5.74) is 1.97. The molecule has 0 aliphatic rings. The molecule has 2 N–H and O–H groups in total. The van der Waals surface area contributed by atoms with Gasteiger partial charge in [-0.25, -0.2) is 4.98 Å². The number of hydrogen-bond donors (Lipinski definition) is 2. The van der Waals surface area contributed by atoms with Gasteiger partial charge in [-0.3, -0.25) is 9.59 Å². The number of H-pyrrole nitrogens is 1. The molecule has 1 heterocycles. The van der Waals surface area contributed by atoms with E-state index in [0.717, 1.165) is 5.56 Å². The number of aromatic nitrogens is 2. The van der Waals surface area contributed by atoms with Crippen molar-refractivity contribution in [1.82, 2.24) is 9.97 Å². The van der Waals surface area contributed by atoms with Crippen LogP contribution in [0.5, 0.6) is 0 Å². The molecule has 0 aliphatic heterocycles. The fourth-order valence-electron chi connectivity index (χ4n) is 1.65. The van der Waals surface area contributed by atoms with Gasteiger partial charge in [-0.1, -0.05) is 13.0 Å². The Bertz CT molecular complexity index is 618. The molecule has 88 valence electrons. The first-order chi connectivity index (χ1) is 8.06. The number of carboxylic acids is 1. The lowest BCUT2D eigenvalue weighted by atomic mass is 10.0. The second-order valence-electron chi connectivity index (χ2n) is 4.04. The Morgan fingerprint density at radius 3 is 3.00 bits per heavy atom. The van der Waals surface area contributed by atoms with Crippen LogP contribution in [-0.2, 0) is 11.2 Å². The highest BCUT2D eigenvalue weighted by Gasteiger charge is 2.11. The molecule has 17 heavy (non-hydrogen) atoms. The van der Waals surface area contributed by atoms with Crippen LogP contribution >= 0.6 is 0 Å². The van der Waals surface area contributed by atoms with Crippen LogP contribution in [0.15, 0.2) is 29.2 Å². The minimum atomic E-state index is -0.820. The van der Waals surface area contributed by atoms with E-state index in [-0.39, 0.29) is 5.56 Å². The van der Waals surface area contributed by atoms with E-state index in [0.29, 0.717) is 17.5 Å². The lowest BCUT2D eigenvalue weighted by molar-refractivity contribution is -0.141. The van der Waals surface area contributed by atoms with Crippen molar-refractivity contribution < 1.29 is 9.90 Å². The SMILES string of the molecule is CC(Cc1ccc2[nH]c(=O)cnc2c1)C(=O)O. The summed E-state index contributed by atoms with van der Waals surface area (Å²) in [5.74, 6) is -1.25. The summed E-state index contributed by atoms with van der Waals surface area (Å²) in [6.07, 6.45) is 1.67. The van der Waals surface area contributed by atoms with Gasteiger partial charge in [-0.2, -0.15) is 0 Å². The van der Waals surface area contributed by atoms with Crippen molar-refractivity contribution in [3.8, 4) is 0 Å². The molecule has 0 bridgehead atoms. The Labute approximate surface area is 97.1 Å². The Kier molecular flexibility index (Phi) is 2.91. The number of nitrogens with zero attached hydrogens (tertiary/aromatic N) is 1. The van der Waals surface area contributed by atoms with Crippen molar-refractivity contribution >= 4 is 17.0 Å². The number of rotatable bonds is 3. The van der Waals surface area contributed by atoms with Gasteiger partial charge < -0.3 is 10.1 Å². The van der Waals surface area contributed by atoms with Crippen molar-refractivity contribution in [2.45, 2.75) is 13.3 Å². The van der Waals surface area contributed by atoms with Crippen molar-refractivity contribution in [2.24, 2.45) is 5.92 Å². The maximum Gasteiger partial charge on any atom is 0.306 e. The number of fused-ring (bicyclic) bond motifs is 1. The van der Waals surface area contributed by atoms with Crippen molar-refractivity contribution in [3.05, 3.63) is 40.3 Å². The van der Waals surface area contributed by atoms with E-state index in [9.17, 15) is 9.59 Å². The van der Waals surface area contributed by atoms with Gasteiger partial charge in [0.1, 0.15) is 0 Å². The highest BCUT2D eigenvalue weighted by Crippen LogP contribution is 2.13. The fourth-order valence-corrected chi connectivity index (χ4v) is 1.65. The zero-order valence-electron chi connectivity index (χ0n) is 9.30. The van der Waals surface area contributed by atoms with Crippen LogP contribution in [0.2, 0.25) is 0 Å². The van der Waals surface area contributed by atoms with Crippen molar-refractivity contribution in [1.29, 1.82) is 0 Å². The lowest BCUT2D eigenvalue weighted by Crippen LogP contribution is -2.12. The molecule has 1 aromatic heterocycles. The van der Waals surface area contributed by atoms with Crippen LogP contribution in [0, 0.1) is 5.92 Å². The van der Waals surface area contributed by atoms with Gasteiger partial charge in [0.05, 0.1) is 23.1 Å². The molecule has 0 spiro atoms. The van der Waals surface area contributed by atoms with Crippen molar-refractivity contribution in [3.63, 3.8) is 0 Å². The van der Waals surface area contributed by atoms with Gasteiger partial charge in [0.15, 0.2) is 0 Å². The lowest BCUT2D eigenvalue weighted by Gasteiger charge is -2.06. The Hall–Kier alpha value is -2.17. The van der Waals surface area contributed by atoms with E-state index in [1.165, 1.54) is 6.20 Å². The van der Waals surface area contributed by atoms with Crippen molar-refractivity contribution in [2.75, 3.05) is 0 Å². The molecule has 0 amide bonds. The van der Waals surface area contributed by atoms with Gasteiger partial charge in [0, 0.05) is 0 Å². The first-order valence-electron chi connectivity index (χ1n) is 5.27. The summed E-state index contributed by atoms with van der Waals surface area (Å²) >= 11 is 0. The normalized spacial score (nSPS) is 12.5. The third-order valence-corrected chi connectivity index (χ3v) is 2.60. The number of hydrogen-bond acceptors (Lipinski definition) is 3. The maximum absolute atomic E-state index is 11.0. The average molecular weight is 232 g/mol. The van der Waals surface area contributed by atoms with Gasteiger partial charge in [0.2, 0.25) is 0 Å². The predicted molar refractivity (Wildman–Crippen MR) is 62.9 cm³/mol. The third kappa shape index (κ3) is 2.50. The molecule has 5 heteroatoms. The summed E-state index contributed by atoms with van der Waals surface area (Å²) in [6, 6.07) is 5.34. The zero-order valence-corrected chi connectivity index (χ0v) is 9.30. The van der Waals surface area contributed by atoms with Crippen LogP contribution in [0.1, 0.15) is 12.5 Å². The van der Waals surface area contributed by atoms with E-state index in [2.05, 4.69) is 9.97 Å². The molecule has 1 unspecified atom stereocenters. The number of carbonyl (C=O) groups is 1. The molecular formula is C12H12N2O3. The number of carboxylic acid groups (broad SMARTS) is 1. The maximum atomic E-state index is 11.0. The monoisotopic (exact) mass is 232 g/mol. The molecule has 5 nitrogen and oxygen atoms in total. The Balaban J connectivity index is 2.35. The highest BCUT2D eigenvalue weighted by atomic mass is 16.4. The molecule has 1 atom stereocenters. The van der Waals surface area contributed by atoms with E-state index in [4.69, 9.17) is 5.11 Å². The van der Waals surface area contributed by atoms with Crippen LogP contribution in [0.3, 0.4) is 0 Å². The first-order valence-corrected chi connectivity index (χ1v) is 5.27. The summed E-state index contributed by atoms with van der Waals surface area (Å²) < 4.78 is 0. The minimum absolute atomic E-state index is 0.246. The molecule has 2 rings (SSSR count). The van der Waals surface area contributed by atoms with Gasteiger partial charge in [-0.15, -0.1) is 0 Å². The molecule has 0 radical (unpaired) electrons. The van der Waals surface area contributed by atoms with Gasteiger partial charge >= 0.3 is 5.97 Å². The fraction of sp³-hybridized carbons (Fsp3) is 0.250. The standard InChI is InChI=1S/C12H12N2O3/c1-7(12(16)17)4-8-2-3-9-10(5-8)13-6-11(15)14-9/h2-3,5-7H,4H2,1H3,(H,14,15)(H,16,17). The minimum Gasteiger partial charge on any atom is -0.481 e. The first kappa shape index (κ1) is 11.3. The number of aliphatic carboxylic acids is 1. The summed E-state index contributed by atoms with van der Waals surface area (Å²) in [7, 11) is 0. The van der Waals surface area contributed by atoms with Crippen LogP contribution < -0.4 is 5.56 Å². The second-order valence-corrected chi connectivity index (χ2v) is 4.04. The van der Waals surface area contributed by atoms with E-state index < -0.39 is 11.9 Å². The molecule has 0 saturated carbocycles. The van der Waals surface area contributed by atoms with Gasteiger partial charge in [0.25, 0.3) is 5.56 Å². The summed E-state index contributed by atoms with van der Waals surface area (Å²) in [5, 5.41) is 8.83. The number of nitrogens with one attached hydrogen (secondary N) is 1. The topological polar surface area (TPSA) is 83.0 Å². The quantitative estimate of drug-likeness (QED) is 0.832. The summed E-state index contributed by atoms with van der Waals surface area (Å²) in [4.78, 5) is 28.4. The van der Waals surface area contributed by atoms with E-state index >= 15 is 0 Å². The molecule has 2 aromatic rings. The smallest absolute Gasteiger partial charge is 0.306 e. The molecule has 0 fully saturated rings. The molecule has 0 aliphatic carbocycles. The van der Waals surface area contributed by atoms with Crippen LogP contribution in [0.25, 0.3) is 11.0 Å². The number of benzene rings is 1. The number of aromatic amines is 1. The Morgan fingerprint density at radius 2 is 2.29 bits per heavy atom. The largest absolute Gasteiger partial charge is 0.481 e. The zero-order chi connectivity index (χ0) is 12.4. The Morgan fingerprint density at radius 1 is 1.53 bits per heavy atom. The van der Waals surface area contributed by atoms with E-state index in [1.807, 2.05) is 0 Å². The van der Waals surface area contributed by atoms with E-state index in [1.54, 1.807) is 25.1 Å². The predicted octanol–water partition coefficient (Wildman–Crippen LogP) is 1.19. The highest BCUT2D eigenvalue weighted by molar-refractivity contribution is 5.75. The van der Waals surface area contributed by atoms with Gasteiger partial charge in [-0.05, 0) is 24.1 Å². The average Bonchev–Trinajstić information content (AvgIpc) is 2.29. The van der Waals surface area contributed by atoms with Crippen LogP contribution in [-0.4, -0.2) is 21.0 Å².